The summed E-state index contributed by atoms with van der Waals surface area (Å²) < 4.78 is 13.3. The monoisotopic (exact) mass is 260 g/mol. The summed E-state index contributed by atoms with van der Waals surface area (Å²) in [6.45, 7) is 0.979. The Labute approximate surface area is 106 Å². The van der Waals surface area contributed by atoms with Gasteiger partial charge in [-0.3, -0.25) is 0 Å². The summed E-state index contributed by atoms with van der Waals surface area (Å²) in [5.74, 6) is -0.460. The number of nitrogens with zero attached hydrogens (tertiary/aromatic N) is 1. The van der Waals surface area contributed by atoms with Crippen molar-refractivity contribution in [3.8, 4) is 0 Å². The molecular weight excluding hydrogens is 243 g/mol. The van der Waals surface area contributed by atoms with Crippen molar-refractivity contribution >= 4 is 23.0 Å². The van der Waals surface area contributed by atoms with Crippen LogP contribution in [0.1, 0.15) is 19.3 Å². The topological polar surface area (TPSA) is 49.5 Å². The number of unbranched alkanes of at least 4 members (excludes halogenated alkanes) is 2. The average Bonchev–Trinajstić information content (AvgIpc) is 2.29. The Bertz CT molecular complexity index is 374. The molecule has 1 rings (SSSR count). The Kier molecular flexibility index (Phi) is 5.51. The molecule has 0 spiro atoms. The van der Waals surface area contributed by atoms with Crippen LogP contribution in [-0.2, 0) is 0 Å². The molecule has 0 aliphatic heterocycles. The molecular formula is C12H18ClFN2O. The number of nitrogen functional groups attached to an aromatic ring is 1. The van der Waals surface area contributed by atoms with Gasteiger partial charge in [0.05, 0.1) is 16.4 Å². The first-order valence-corrected chi connectivity index (χ1v) is 6.00. The van der Waals surface area contributed by atoms with Crippen LogP contribution in [0.25, 0.3) is 0 Å². The van der Waals surface area contributed by atoms with Crippen molar-refractivity contribution in [2.75, 3.05) is 30.8 Å². The van der Waals surface area contributed by atoms with Gasteiger partial charge in [-0.1, -0.05) is 11.6 Å². The van der Waals surface area contributed by atoms with E-state index in [9.17, 15) is 4.39 Å². The number of hydrogen-bond acceptors (Lipinski definition) is 3. The highest BCUT2D eigenvalue weighted by molar-refractivity contribution is 6.31. The Hall–Kier alpha value is -1.00. The molecule has 0 atom stereocenters. The average molecular weight is 261 g/mol. The number of anilines is 2. The predicted octanol–water partition coefficient (Wildman–Crippen LogP) is 2.66. The van der Waals surface area contributed by atoms with Gasteiger partial charge in [-0.2, -0.15) is 0 Å². The summed E-state index contributed by atoms with van der Waals surface area (Å²) in [5.41, 5.74) is 6.91. The van der Waals surface area contributed by atoms with E-state index in [4.69, 9.17) is 22.4 Å². The fourth-order valence-electron chi connectivity index (χ4n) is 1.64. The van der Waals surface area contributed by atoms with E-state index in [0.29, 0.717) is 11.4 Å². The zero-order valence-electron chi connectivity index (χ0n) is 9.92. The molecule has 0 saturated carbocycles. The quantitative estimate of drug-likeness (QED) is 0.611. The van der Waals surface area contributed by atoms with Gasteiger partial charge in [0.2, 0.25) is 0 Å². The molecule has 0 radical (unpaired) electrons. The second-order valence-electron chi connectivity index (χ2n) is 4.03. The largest absolute Gasteiger partial charge is 0.397 e. The number of nitrogens with two attached hydrogens (primary N) is 1. The molecule has 0 bridgehead atoms. The standard InChI is InChI=1S/C12H18ClFN2O/c1-16(5-3-2-4-6-17)12-8-10(14)9(13)7-11(12)15/h7-8,17H,2-6,15H2,1H3. The summed E-state index contributed by atoms with van der Waals surface area (Å²) in [6.07, 6.45) is 2.66. The van der Waals surface area contributed by atoms with Crippen molar-refractivity contribution in [2.45, 2.75) is 19.3 Å². The van der Waals surface area contributed by atoms with Gasteiger partial charge < -0.3 is 15.7 Å². The summed E-state index contributed by atoms with van der Waals surface area (Å²) in [5, 5.41) is 8.70. The SMILES string of the molecule is CN(CCCCCO)c1cc(F)c(Cl)cc1N. The van der Waals surface area contributed by atoms with Crippen LogP contribution >= 0.6 is 11.6 Å². The van der Waals surface area contributed by atoms with Gasteiger partial charge in [-0.15, -0.1) is 0 Å². The van der Waals surface area contributed by atoms with Crippen LogP contribution in [-0.4, -0.2) is 25.3 Å². The van der Waals surface area contributed by atoms with Gasteiger partial charge in [0, 0.05) is 26.3 Å². The number of aliphatic hydroxyl groups excluding tert-OH is 1. The van der Waals surface area contributed by atoms with Crippen molar-refractivity contribution in [3.05, 3.63) is 23.0 Å². The molecule has 0 amide bonds. The fraction of sp³-hybridized carbons (Fsp3) is 0.500. The van der Waals surface area contributed by atoms with E-state index in [1.165, 1.54) is 12.1 Å². The van der Waals surface area contributed by atoms with Crippen LogP contribution in [0.15, 0.2) is 12.1 Å². The third kappa shape index (κ3) is 4.06. The molecule has 3 nitrogen and oxygen atoms in total. The highest BCUT2D eigenvalue weighted by Gasteiger charge is 2.09. The van der Waals surface area contributed by atoms with Gasteiger partial charge >= 0.3 is 0 Å². The lowest BCUT2D eigenvalue weighted by molar-refractivity contribution is 0.283. The van der Waals surface area contributed by atoms with Gasteiger partial charge in [0.25, 0.3) is 0 Å². The molecule has 0 aliphatic carbocycles. The predicted molar refractivity (Wildman–Crippen MR) is 70.0 cm³/mol. The van der Waals surface area contributed by atoms with Gasteiger partial charge in [-0.05, 0) is 25.3 Å². The molecule has 5 heteroatoms. The Morgan fingerprint density at radius 1 is 1.35 bits per heavy atom. The second kappa shape index (κ2) is 6.67. The minimum absolute atomic E-state index is 0.0416. The van der Waals surface area contributed by atoms with Crippen molar-refractivity contribution < 1.29 is 9.50 Å². The number of halogens is 2. The third-order valence-corrected chi connectivity index (χ3v) is 2.92. The Morgan fingerprint density at radius 2 is 2.06 bits per heavy atom. The maximum Gasteiger partial charge on any atom is 0.144 e. The summed E-state index contributed by atoms with van der Waals surface area (Å²) in [6, 6.07) is 2.78. The first kappa shape index (κ1) is 14.1. The van der Waals surface area contributed by atoms with E-state index in [1.807, 2.05) is 11.9 Å². The van der Waals surface area contributed by atoms with Crippen LogP contribution in [0, 0.1) is 5.82 Å². The zero-order valence-corrected chi connectivity index (χ0v) is 10.7. The first-order valence-electron chi connectivity index (χ1n) is 5.62. The molecule has 0 aromatic heterocycles. The smallest absolute Gasteiger partial charge is 0.144 e. The summed E-state index contributed by atoms with van der Waals surface area (Å²) in [4.78, 5) is 1.89. The molecule has 3 N–H and O–H groups in total. The normalized spacial score (nSPS) is 10.6. The highest BCUT2D eigenvalue weighted by atomic mass is 35.5. The van der Waals surface area contributed by atoms with E-state index in [1.54, 1.807) is 0 Å². The van der Waals surface area contributed by atoms with Crippen LogP contribution in [0.5, 0.6) is 0 Å². The highest BCUT2D eigenvalue weighted by Crippen LogP contribution is 2.28. The minimum Gasteiger partial charge on any atom is -0.397 e. The van der Waals surface area contributed by atoms with Crippen molar-refractivity contribution in [1.82, 2.24) is 0 Å². The maximum atomic E-state index is 13.3. The molecule has 96 valence electrons. The summed E-state index contributed by atoms with van der Waals surface area (Å²) >= 11 is 5.63. The lowest BCUT2D eigenvalue weighted by atomic mass is 10.2. The van der Waals surface area contributed by atoms with E-state index >= 15 is 0 Å². The maximum absolute atomic E-state index is 13.3. The number of rotatable bonds is 6. The van der Waals surface area contributed by atoms with E-state index in [0.717, 1.165) is 25.8 Å². The van der Waals surface area contributed by atoms with Crippen molar-refractivity contribution in [1.29, 1.82) is 0 Å². The molecule has 0 unspecified atom stereocenters. The molecule has 1 aromatic carbocycles. The Morgan fingerprint density at radius 3 is 2.71 bits per heavy atom. The van der Waals surface area contributed by atoms with Crippen LogP contribution in [0.2, 0.25) is 5.02 Å². The molecule has 0 heterocycles. The van der Waals surface area contributed by atoms with Gasteiger partial charge in [0.15, 0.2) is 0 Å². The number of aliphatic hydroxyl groups is 1. The third-order valence-electron chi connectivity index (χ3n) is 2.63. The van der Waals surface area contributed by atoms with Gasteiger partial charge in [0.1, 0.15) is 5.82 Å². The lowest BCUT2D eigenvalue weighted by Gasteiger charge is -2.21. The van der Waals surface area contributed by atoms with Crippen LogP contribution in [0.4, 0.5) is 15.8 Å². The summed E-state index contributed by atoms with van der Waals surface area (Å²) in [7, 11) is 1.86. The molecule has 0 saturated heterocycles. The number of benzene rings is 1. The molecule has 1 aromatic rings. The molecule has 17 heavy (non-hydrogen) atoms. The molecule has 0 aliphatic rings. The lowest BCUT2D eigenvalue weighted by Crippen LogP contribution is -2.20. The van der Waals surface area contributed by atoms with Gasteiger partial charge in [-0.25, -0.2) is 4.39 Å². The second-order valence-corrected chi connectivity index (χ2v) is 4.44. The van der Waals surface area contributed by atoms with E-state index < -0.39 is 5.82 Å². The van der Waals surface area contributed by atoms with Crippen molar-refractivity contribution in [3.63, 3.8) is 0 Å². The minimum atomic E-state index is -0.460. The van der Waals surface area contributed by atoms with E-state index in [-0.39, 0.29) is 11.6 Å². The van der Waals surface area contributed by atoms with E-state index in [2.05, 4.69) is 0 Å². The van der Waals surface area contributed by atoms with Crippen LogP contribution in [0.3, 0.4) is 0 Å². The molecule has 0 fully saturated rings. The zero-order chi connectivity index (χ0) is 12.8. The first-order chi connectivity index (χ1) is 8.06. The Balaban J connectivity index is 2.62. The van der Waals surface area contributed by atoms with Crippen LogP contribution < -0.4 is 10.6 Å². The van der Waals surface area contributed by atoms with Crippen molar-refractivity contribution in [2.24, 2.45) is 0 Å². The fourth-order valence-corrected chi connectivity index (χ4v) is 1.81. The number of hydrogen-bond donors (Lipinski definition) is 2.